The molecule has 1 amide bonds. The summed E-state index contributed by atoms with van der Waals surface area (Å²) in [6, 6.07) is 5.57. The molecular formula is C12H14Br3NO. The van der Waals surface area contributed by atoms with Crippen LogP contribution in [0.4, 0.5) is 0 Å². The third-order valence-corrected chi connectivity index (χ3v) is 3.88. The van der Waals surface area contributed by atoms with E-state index >= 15 is 0 Å². The fourth-order valence-corrected chi connectivity index (χ4v) is 2.46. The minimum atomic E-state index is -0.0413. The second-order valence-electron chi connectivity index (χ2n) is 3.80. The van der Waals surface area contributed by atoms with Gasteiger partial charge in [-0.25, -0.2) is 0 Å². The molecule has 1 atom stereocenters. The van der Waals surface area contributed by atoms with Gasteiger partial charge in [0.2, 0.25) is 0 Å². The largest absolute Gasteiger partial charge is 0.352 e. The molecule has 0 aliphatic carbocycles. The monoisotopic (exact) mass is 425 g/mol. The van der Waals surface area contributed by atoms with E-state index in [2.05, 4.69) is 60.0 Å². The Morgan fingerprint density at radius 2 is 2.12 bits per heavy atom. The quantitative estimate of drug-likeness (QED) is 0.543. The number of carbonyl (C=O) groups excluding carboxylic acids is 1. The van der Waals surface area contributed by atoms with Crippen LogP contribution in [0.2, 0.25) is 0 Å². The molecule has 1 unspecified atom stereocenters. The van der Waals surface area contributed by atoms with E-state index in [-0.39, 0.29) is 5.91 Å². The van der Waals surface area contributed by atoms with Gasteiger partial charge in [0.05, 0.1) is 5.56 Å². The Balaban J connectivity index is 2.49. The van der Waals surface area contributed by atoms with E-state index in [1.165, 1.54) is 0 Å². The van der Waals surface area contributed by atoms with Gasteiger partial charge in [0.15, 0.2) is 0 Å². The number of nitrogens with one attached hydrogen (secondary N) is 1. The van der Waals surface area contributed by atoms with Gasteiger partial charge in [-0.15, -0.1) is 0 Å². The van der Waals surface area contributed by atoms with Crippen LogP contribution < -0.4 is 5.32 Å². The molecule has 0 spiro atoms. The van der Waals surface area contributed by atoms with Gasteiger partial charge in [-0.1, -0.05) is 38.8 Å². The van der Waals surface area contributed by atoms with E-state index in [4.69, 9.17) is 0 Å². The molecule has 1 rings (SSSR count). The highest BCUT2D eigenvalue weighted by atomic mass is 79.9. The van der Waals surface area contributed by atoms with Gasteiger partial charge in [0.25, 0.3) is 5.91 Å². The summed E-state index contributed by atoms with van der Waals surface area (Å²) in [6.07, 6.45) is 2.03. The Morgan fingerprint density at radius 3 is 2.76 bits per heavy atom. The Labute approximate surface area is 127 Å². The van der Waals surface area contributed by atoms with E-state index < -0.39 is 0 Å². The van der Waals surface area contributed by atoms with Gasteiger partial charge in [-0.05, 0) is 47.0 Å². The van der Waals surface area contributed by atoms with Crippen LogP contribution in [-0.4, -0.2) is 17.3 Å². The van der Waals surface area contributed by atoms with Crippen molar-refractivity contribution >= 4 is 53.7 Å². The summed E-state index contributed by atoms with van der Waals surface area (Å²) in [5, 5.41) is 2.91. The molecule has 94 valence electrons. The highest BCUT2D eigenvalue weighted by Crippen LogP contribution is 2.21. The number of carbonyl (C=O) groups is 1. The summed E-state index contributed by atoms with van der Waals surface area (Å²) in [5.74, 6) is -0.0413. The highest BCUT2D eigenvalue weighted by molar-refractivity contribution is 9.11. The lowest BCUT2D eigenvalue weighted by atomic mass is 10.2. The Hall–Kier alpha value is 0.130. The zero-order valence-corrected chi connectivity index (χ0v) is 14.2. The van der Waals surface area contributed by atoms with Gasteiger partial charge < -0.3 is 5.32 Å². The molecule has 0 fully saturated rings. The van der Waals surface area contributed by atoms with Crippen LogP contribution in [-0.2, 0) is 0 Å². The molecule has 1 N–H and O–H groups in total. The smallest absolute Gasteiger partial charge is 0.252 e. The Morgan fingerprint density at radius 1 is 1.41 bits per heavy atom. The molecule has 0 aliphatic heterocycles. The lowest BCUT2D eigenvalue weighted by Gasteiger charge is -2.08. The molecule has 2 nitrogen and oxygen atoms in total. The fourth-order valence-electron chi connectivity index (χ4n) is 1.35. The summed E-state index contributed by atoms with van der Waals surface area (Å²) in [4.78, 5) is 12.4. The minimum absolute atomic E-state index is 0.0413. The molecule has 1 aromatic carbocycles. The van der Waals surface area contributed by atoms with Crippen molar-refractivity contribution in [3.8, 4) is 0 Å². The number of amides is 1. The first-order chi connectivity index (χ1) is 8.00. The summed E-state index contributed by atoms with van der Waals surface area (Å²) >= 11 is 10.2. The van der Waals surface area contributed by atoms with Gasteiger partial charge in [0.1, 0.15) is 0 Å². The van der Waals surface area contributed by atoms with Crippen LogP contribution in [0.25, 0.3) is 0 Å². The highest BCUT2D eigenvalue weighted by Gasteiger charge is 2.09. The van der Waals surface area contributed by atoms with Crippen LogP contribution in [0.5, 0.6) is 0 Å². The van der Waals surface area contributed by atoms with Crippen molar-refractivity contribution in [3.63, 3.8) is 0 Å². The molecular weight excluding hydrogens is 414 g/mol. The summed E-state index contributed by atoms with van der Waals surface area (Å²) in [6.45, 7) is 2.81. The second kappa shape index (κ2) is 7.54. The van der Waals surface area contributed by atoms with Crippen molar-refractivity contribution in [1.29, 1.82) is 0 Å². The van der Waals surface area contributed by atoms with Crippen molar-refractivity contribution in [2.24, 2.45) is 0 Å². The summed E-state index contributed by atoms with van der Waals surface area (Å²) in [5.41, 5.74) is 0.659. The van der Waals surface area contributed by atoms with Gasteiger partial charge in [0, 0.05) is 20.3 Å². The van der Waals surface area contributed by atoms with Crippen molar-refractivity contribution in [3.05, 3.63) is 32.7 Å². The molecule has 0 saturated carbocycles. The molecule has 0 saturated heterocycles. The van der Waals surface area contributed by atoms with Crippen molar-refractivity contribution in [2.75, 3.05) is 6.54 Å². The Bertz CT molecular complexity index is 393. The Kier molecular flexibility index (Phi) is 6.74. The van der Waals surface area contributed by atoms with E-state index in [1.54, 1.807) is 0 Å². The number of hydrogen-bond acceptors (Lipinski definition) is 1. The normalized spacial score (nSPS) is 12.2. The molecule has 17 heavy (non-hydrogen) atoms. The van der Waals surface area contributed by atoms with Crippen LogP contribution in [0.3, 0.4) is 0 Å². The van der Waals surface area contributed by atoms with Crippen LogP contribution in [0, 0.1) is 0 Å². The number of benzene rings is 1. The van der Waals surface area contributed by atoms with Gasteiger partial charge in [-0.2, -0.15) is 0 Å². The maximum Gasteiger partial charge on any atom is 0.252 e. The lowest BCUT2D eigenvalue weighted by molar-refractivity contribution is 0.0952. The first-order valence-corrected chi connectivity index (χ1v) is 7.88. The second-order valence-corrected chi connectivity index (χ2v) is 7.14. The molecule has 0 aromatic heterocycles. The third-order valence-electron chi connectivity index (χ3n) is 2.24. The maximum absolute atomic E-state index is 11.9. The predicted molar refractivity (Wildman–Crippen MR) is 81.8 cm³/mol. The van der Waals surface area contributed by atoms with Crippen molar-refractivity contribution in [1.82, 2.24) is 5.32 Å². The molecule has 1 aromatic rings. The third kappa shape index (κ3) is 5.53. The number of rotatable bonds is 5. The standard InChI is InChI=1S/C12H14Br3NO/c1-8(13)3-2-6-16-12(17)10-7-9(14)4-5-11(10)15/h4-5,7-8H,2-3,6H2,1H3,(H,16,17). The van der Waals surface area contributed by atoms with Gasteiger partial charge >= 0.3 is 0 Å². The average molecular weight is 428 g/mol. The predicted octanol–water partition coefficient (Wildman–Crippen LogP) is 4.51. The summed E-state index contributed by atoms with van der Waals surface area (Å²) in [7, 11) is 0. The fraction of sp³-hybridized carbons (Fsp3) is 0.417. The van der Waals surface area contributed by atoms with Crippen molar-refractivity contribution in [2.45, 2.75) is 24.6 Å². The van der Waals surface area contributed by atoms with E-state index in [1.807, 2.05) is 18.2 Å². The van der Waals surface area contributed by atoms with E-state index in [0.717, 1.165) is 21.8 Å². The number of halogens is 3. The molecule has 0 radical (unpaired) electrons. The molecule has 0 aliphatic rings. The lowest BCUT2D eigenvalue weighted by Crippen LogP contribution is -2.25. The van der Waals surface area contributed by atoms with E-state index in [9.17, 15) is 4.79 Å². The first-order valence-electron chi connectivity index (χ1n) is 5.38. The van der Waals surface area contributed by atoms with E-state index in [0.29, 0.717) is 16.9 Å². The molecule has 5 heteroatoms. The van der Waals surface area contributed by atoms with Crippen LogP contribution >= 0.6 is 47.8 Å². The zero-order chi connectivity index (χ0) is 12.8. The minimum Gasteiger partial charge on any atom is -0.352 e. The topological polar surface area (TPSA) is 29.1 Å². The first kappa shape index (κ1) is 15.2. The average Bonchev–Trinajstić information content (AvgIpc) is 2.27. The van der Waals surface area contributed by atoms with Crippen molar-refractivity contribution < 1.29 is 4.79 Å². The molecule has 0 bridgehead atoms. The number of hydrogen-bond donors (Lipinski definition) is 1. The zero-order valence-electron chi connectivity index (χ0n) is 9.47. The van der Waals surface area contributed by atoms with Gasteiger partial charge in [-0.3, -0.25) is 4.79 Å². The summed E-state index contributed by atoms with van der Waals surface area (Å²) < 4.78 is 1.71. The van der Waals surface area contributed by atoms with Crippen LogP contribution in [0.15, 0.2) is 27.1 Å². The SMILES string of the molecule is CC(Br)CCCNC(=O)c1cc(Br)ccc1Br. The number of alkyl halides is 1. The maximum atomic E-state index is 11.9. The molecule has 0 heterocycles. The van der Waals surface area contributed by atoms with Crippen LogP contribution in [0.1, 0.15) is 30.1 Å².